The van der Waals surface area contributed by atoms with Crippen LogP contribution in [-0.2, 0) is 9.53 Å². The number of esters is 1. The minimum atomic E-state index is -0.503. The van der Waals surface area contributed by atoms with Gasteiger partial charge in [0, 0.05) is 14.1 Å². The molecule has 3 N–H and O–H groups in total. The van der Waals surface area contributed by atoms with Crippen molar-refractivity contribution in [2.75, 3.05) is 37.9 Å². The maximum atomic E-state index is 11.7. The fraction of sp³-hybridized carbons (Fsp3) is 0.417. The van der Waals surface area contributed by atoms with Crippen LogP contribution in [0.5, 0.6) is 0 Å². The highest BCUT2D eigenvalue weighted by Gasteiger charge is 2.15. The molecule has 1 rings (SSSR count). The molecule has 0 bridgehead atoms. The fourth-order valence-electron chi connectivity index (χ4n) is 1.42. The molecule has 7 nitrogen and oxygen atoms in total. The number of rotatable bonds is 5. The molecule has 0 unspecified atom stereocenters. The summed E-state index contributed by atoms with van der Waals surface area (Å²) in [5.41, 5.74) is 6.18. The van der Waals surface area contributed by atoms with Crippen molar-refractivity contribution in [1.82, 2.24) is 10.3 Å². The Hall–Kier alpha value is -2.31. The van der Waals surface area contributed by atoms with Gasteiger partial charge in [0.05, 0.1) is 30.6 Å². The van der Waals surface area contributed by atoms with Crippen LogP contribution in [0.4, 0.5) is 11.5 Å². The number of pyridine rings is 1. The molecule has 0 radical (unpaired) electrons. The number of nitrogens with zero attached hydrogens (tertiary/aromatic N) is 2. The number of anilines is 2. The molecular weight excluding hydrogens is 248 g/mol. The van der Waals surface area contributed by atoms with Gasteiger partial charge in [-0.1, -0.05) is 0 Å². The topological polar surface area (TPSA) is 97.5 Å². The average Bonchev–Trinajstić information content (AvgIpc) is 2.39. The predicted octanol–water partition coefficient (Wildman–Crippen LogP) is 0.0227. The van der Waals surface area contributed by atoms with Gasteiger partial charge in [-0.15, -0.1) is 0 Å². The number of hydrogen-bond donors (Lipinski definition) is 2. The zero-order valence-corrected chi connectivity index (χ0v) is 11.3. The Morgan fingerprint density at radius 3 is 2.79 bits per heavy atom. The summed E-state index contributed by atoms with van der Waals surface area (Å²) < 4.78 is 4.90. The molecule has 0 aliphatic rings. The van der Waals surface area contributed by atoms with Crippen LogP contribution in [0.3, 0.4) is 0 Å². The molecule has 1 heterocycles. The molecule has 0 aliphatic carbocycles. The van der Waals surface area contributed by atoms with Gasteiger partial charge in [-0.3, -0.25) is 4.79 Å². The summed E-state index contributed by atoms with van der Waals surface area (Å²) in [5.74, 6) is -0.184. The van der Waals surface area contributed by atoms with Crippen LogP contribution in [0, 0.1) is 0 Å². The summed E-state index contributed by atoms with van der Waals surface area (Å²) in [4.78, 5) is 28.7. The van der Waals surface area contributed by atoms with Crippen LogP contribution in [0.25, 0.3) is 0 Å². The summed E-state index contributed by atoms with van der Waals surface area (Å²) in [5, 5.41) is 2.51. The fourth-order valence-corrected chi connectivity index (χ4v) is 1.42. The van der Waals surface area contributed by atoms with E-state index >= 15 is 0 Å². The Balaban J connectivity index is 2.95. The van der Waals surface area contributed by atoms with Crippen molar-refractivity contribution < 1.29 is 14.3 Å². The highest BCUT2D eigenvalue weighted by molar-refractivity contribution is 5.95. The standard InChI is InChI=1S/C12H18N4O3/c1-4-19-12(18)8-5-10(15-6-9(8)13)16(3)7-11(17)14-2/h5-6H,4,7,13H2,1-3H3,(H,14,17). The molecular formula is C12H18N4O3. The molecule has 0 spiro atoms. The Morgan fingerprint density at radius 2 is 2.21 bits per heavy atom. The van der Waals surface area contributed by atoms with E-state index in [0.717, 1.165) is 0 Å². The number of carbonyl (C=O) groups is 2. The lowest BCUT2D eigenvalue weighted by Gasteiger charge is -2.18. The average molecular weight is 266 g/mol. The molecule has 0 saturated carbocycles. The molecule has 0 fully saturated rings. The minimum Gasteiger partial charge on any atom is -0.462 e. The van der Waals surface area contributed by atoms with Gasteiger partial charge >= 0.3 is 5.97 Å². The molecule has 0 saturated heterocycles. The number of ether oxygens (including phenoxy) is 1. The Labute approximate surface area is 111 Å². The number of nitrogens with one attached hydrogen (secondary N) is 1. The minimum absolute atomic E-state index is 0.135. The Morgan fingerprint density at radius 1 is 1.53 bits per heavy atom. The van der Waals surface area contributed by atoms with E-state index in [-0.39, 0.29) is 30.3 Å². The van der Waals surface area contributed by atoms with Crippen LogP contribution in [-0.4, -0.2) is 44.1 Å². The number of amides is 1. The van der Waals surface area contributed by atoms with Gasteiger partial charge in [-0.25, -0.2) is 9.78 Å². The first-order chi connectivity index (χ1) is 8.99. The summed E-state index contributed by atoms with van der Waals surface area (Å²) in [6.45, 7) is 2.12. The third-order valence-corrected chi connectivity index (χ3v) is 2.47. The lowest BCUT2D eigenvalue weighted by molar-refractivity contribution is -0.119. The van der Waals surface area contributed by atoms with Gasteiger partial charge in [-0.2, -0.15) is 0 Å². The van der Waals surface area contributed by atoms with E-state index in [9.17, 15) is 9.59 Å². The number of nitrogen functional groups attached to an aromatic ring is 1. The maximum Gasteiger partial charge on any atom is 0.340 e. The van der Waals surface area contributed by atoms with Crippen molar-refractivity contribution >= 4 is 23.4 Å². The van der Waals surface area contributed by atoms with Crippen LogP contribution in [0.15, 0.2) is 12.3 Å². The molecule has 7 heteroatoms. The summed E-state index contributed by atoms with van der Waals surface area (Å²) in [6.07, 6.45) is 1.38. The van der Waals surface area contributed by atoms with Gasteiger partial charge in [0.2, 0.25) is 5.91 Å². The highest BCUT2D eigenvalue weighted by atomic mass is 16.5. The normalized spacial score (nSPS) is 9.84. The first kappa shape index (κ1) is 14.7. The first-order valence-corrected chi connectivity index (χ1v) is 5.84. The number of carbonyl (C=O) groups excluding carboxylic acids is 2. The molecule has 0 atom stereocenters. The van der Waals surface area contributed by atoms with E-state index in [0.29, 0.717) is 5.82 Å². The predicted molar refractivity (Wildman–Crippen MR) is 71.9 cm³/mol. The van der Waals surface area contributed by atoms with Crippen molar-refractivity contribution in [3.8, 4) is 0 Å². The van der Waals surface area contributed by atoms with Gasteiger partial charge in [-0.05, 0) is 13.0 Å². The van der Waals surface area contributed by atoms with Crippen LogP contribution in [0.1, 0.15) is 17.3 Å². The second-order valence-corrected chi connectivity index (χ2v) is 3.88. The molecule has 0 aromatic carbocycles. The van der Waals surface area contributed by atoms with Crippen LogP contribution in [0.2, 0.25) is 0 Å². The van der Waals surface area contributed by atoms with Gasteiger partial charge < -0.3 is 20.7 Å². The van der Waals surface area contributed by atoms with E-state index < -0.39 is 5.97 Å². The van der Waals surface area contributed by atoms with Gasteiger partial charge in [0.25, 0.3) is 0 Å². The monoisotopic (exact) mass is 266 g/mol. The quantitative estimate of drug-likeness (QED) is 0.729. The Kier molecular flexibility index (Phi) is 5.11. The van der Waals surface area contributed by atoms with Crippen molar-refractivity contribution in [2.45, 2.75) is 6.92 Å². The van der Waals surface area contributed by atoms with Crippen molar-refractivity contribution in [1.29, 1.82) is 0 Å². The molecule has 104 valence electrons. The molecule has 0 aliphatic heterocycles. The molecule has 1 aromatic rings. The highest BCUT2D eigenvalue weighted by Crippen LogP contribution is 2.18. The molecule has 19 heavy (non-hydrogen) atoms. The molecule has 1 amide bonds. The number of nitrogens with two attached hydrogens (primary N) is 1. The zero-order chi connectivity index (χ0) is 14.4. The van der Waals surface area contributed by atoms with Gasteiger partial charge in [0.1, 0.15) is 5.82 Å². The van der Waals surface area contributed by atoms with E-state index in [2.05, 4.69) is 10.3 Å². The second-order valence-electron chi connectivity index (χ2n) is 3.88. The lowest BCUT2D eigenvalue weighted by atomic mass is 10.2. The van der Waals surface area contributed by atoms with Crippen LogP contribution >= 0.6 is 0 Å². The third-order valence-electron chi connectivity index (χ3n) is 2.47. The van der Waals surface area contributed by atoms with Crippen molar-refractivity contribution in [3.05, 3.63) is 17.8 Å². The summed E-state index contributed by atoms with van der Waals surface area (Å²) >= 11 is 0. The SMILES string of the molecule is CCOC(=O)c1cc(N(C)CC(=O)NC)ncc1N. The smallest absolute Gasteiger partial charge is 0.340 e. The third kappa shape index (κ3) is 3.84. The largest absolute Gasteiger partial charge is 0.462 e. The van der Waals surface area contributed by atoms with E-state index in [1.54, 1.807) is 25.9 Å². The van der Waals surface area contributed by atoms with E-state index in [1.165, 1.54) is 12.3 Å². The number of aromatic nitrogens is 1. The van der Waals surface area contributed by atoms with Gasteiger partial charge in [0.15, 0.2) is 0 Å². The summed E-state index contributed by atoms with van der Waals surface area (Å²) in [7, 11) is 3.25. The van der Waals surface area contributed by atoms with Crippen molar-refractivity contribution in [2.24, 2.45) is 0 Å². The first-order valence-electron chi connectivity index (χ1n) is 5.84. The zero-order valence-electron chi connectivity index (χ0n) is 11.3. The maximum absolute atomic E-state index is 11.7. The van der Waals surface area contributed by atoms with E-state index in [4.69, 9.17) is 10.5 Å². The van der Waals surface area contributed by atoms with E-state index in [1.807, 2.05) is 0 Å². The second kappa shape index (κ2) is 6.58. The lowest BCUT2D eigenvalue weighted by Crippen LogP contribution is -2.33. The number of hydrogen-bond acceptors (Lipinski definition) is 6. The number of likely N-dealkylation sites (N-methyl/N-ethyl adjacent to an activating group) is 2. The van der Waals surface area contributed by atoms with Crippen LogP contribution < -0.4 is 16.0 Å². The summed E-state index contributed by atoms with van der Waals surface area (Å²) in [6, 6.07) is 1.51. The molecule has 1 aromatic heterocycles. The van der Waals surface area contributed by atoms with Crippen molar-refractivity contribution in [3.63, 3.8) is 0 Å². The Bertz CT molecular complexity index is 476.